The molecule has 3 atom stereocenters. The second-order valence-corrected chi connectivity index (χ2v) is 6.45. The van der Waals surface area contributed by atoms with Crippen LogP contribution < -0.4 is 14.8 Å². The molecule has 1 aromatic carbocycles. The van der Waals surface area contributed by atoms with Crippen molar-refractivity contribution in [1.29, 1.82) is 0 Å². The minimum atomic E-state index is 0.674. The number of nitrogens with one attached hydrogen (secondary N) is 1. The molecule has 2 saturated carbocycles. The zero-order chi connectivity index (χ0) is 14.7. The third-order valence-electron chi connectivity index (χ3n) is 5.05. The van der Waals surface area contributed by atoms with Crippen molar-refractivity contribution in [1.82, 2.24) is 5.32 Å². The summed E-state index contributed by atoms with van der Waals surface area (Å²) in [6.45, 7) is 4.35. The van der Waals surface area contributed by atoms with Crippen LogP contribution in [0.3, 0.4) is 0 Å². The second-order valence-electron chi connectivity index (χ2n) is 6.45. The van der Waals surface area contributed by atoms with E-state index in [4.69, 9.17) is 9.47 Å². The maximum atomic E-state index is 6.24. The summed E-state index contributed by atoms with van der Waals surface area (Å²) in [7, 11) is 1.97. The molecule has 0 saturated heterocycles. The summed E-state index contributed by atoms with van der Waals surface area (Å²) in [6.07, 6.45) is 5.66. The van der Waals surface area contributed by atoms with Gasteiger partial charge < -0.3 is 14.8 Å². The van der Waals surface area contributed by atoms with Gasteiger partial charge in [0, 0.05) is 12.1 Å². The van der Waals surface area contributed by atoms with E-state index >= 15 is 0 Å². The van der Waals surface area contributed by atoms with Crippen molar-refractivity contribution in [2.45, 2.75) is 39.2 Å². The van der Waals surface area contributed by atoms with E-state index in [-0.39, 0.29) is 0 Å². The van der Waals surface area contributed by atoms with Gasteiger partial charge in [0.1, 0.15) is 0 Å². The molecule has 3 unspecified atom stereocenters. The summed E-state index contributed by atoms with van der Waals surface area (Å²) in [5.41, 5.74) is 1.19. The van der Waals surface area contributed by atoms with E-state index in [1.54, 1.807) is 0 Å². The Morgan fingerprint density at radius 3 is 2.76 bits per heavy atom. The first-order valence-electron chi connectivity index (χ1n) is 8.33. The van der Waals surface area contributed by atoms with Crippen molar-refractivity contribution in [3.63, 3.8) is 0 Å². The lowest BCUT2D eigenvalue weighted by Gasteiger charge is -2.23. The van der Waals surface area contributed by atoms with Crippen LogP contribution in [0, 0.1) is 17.8 Å². The van der Waals surface area contributed by atoms with Crippen molar-refractivity contribution in [2.75, 3.05) is 20.3 Å². The van der Waals surface area contributed by atoms with Crippen molar-refractivity contribution >= 4 is 0 Å². The van der Waals surface area contributed by atoms with Crippen LogP contribution in [0.25, 0.3) is 0 Å². The maximum Gasteiger partial charge on any atom is 0.165 e. The molecule has 1 aromatic rings. The summed E-state index contributed by atoms with van der Waals surface area (Å²) in [4.78, 5) is 0. The highest BCUT2D eigenvalue weighted by Crippen LogP contribution is 2.48. The van der Waals surface area contributed by atoms with Crippen LogP contribution in [-0.4, -0.2) is 20.3 Å². The Kier molecular flexibility index (Phi) is 4.69. The molecule has 2 bridgehead atoms. The summed E-state index contributed by atoms with van der Waals surface area (Å²) in [5, 5.41) is 3.21. The van der Waals surface area contributed by atoms with Crippen LogP contribution in [0.4, 0.5) is 0 Å². The monoisotopic (exact) mass is 289 g/mol. The Labute approximate surface area is 128 Å². The molecular formula is C18H27NO2. The molecular weight excluding hydrogens is 262 g/mol. The van der Waals surface area contributed by atoms with E-state index in [0.717, 1.165) is 42.4 Å². The Morgan fingerprint density at radius 2 is 2.10 bits per heavy atom. The highest BCUT2D eigenvalue weighted by Gasteiger charge is 2.39. The molecule has 0 spiro atoms. The van der Waals surface area contributed by atoms with Crippen molar-refractivity contribution in [2.24, 2.45) is 17.8 Å². The fourth-order valence-corrected chi connectivity index (χ4v) is 4.09. The van der Waals surface area contributed by atoms with Crippen LogP contribution in [0.2, 0.25) is 0 Å². The van der Waals surface area contributed by atoms with Gasteiger partial charge in [-0.15, -0.1) is 0 Å². The first-order valence-corrected chi connectivity index (χ1v) is 8.33. The average molecular weight is 289 g/mol. The Balaban J connectivity index is 1.70. The lowest BCUT2D eigenvalue weighted by Crippen LogP contribution is -2.19. The molecule has 21 heavy (non-hydrogen) atoms. The summed E-state index contributed by atoms with van der Waals surface area (Å²) < 4.78 is 12.0. The lowest BCUT2D eigenvalue weighted by molar-refractivity contribution is 0.186. The van der Waals surface area contributed by atoms with Gasteiger partial charge >= 0.3 is 0 Å². The minimum Gasteiger partial charge on any atom is -0.490 e. The molecule has 0 aliphatic heterocycles. The van der Waals surface area contributed by atoms with Crippen molar-refractivity contribution < 1.29 is 9.47 Å². The maximum absolute atomic E-state index is 6.24. The smallest absolute Gasteiger partial charge is 0.165 e. The molecule has 2 aliphatic carbocycles. The largest absolute Gasteiger partial charge is 0.490 e. The van der Waals surface area contributed by atoms with Crippen molar-refractivity contribution in [3.05, 3.63) is 23.8 Å². The summed E-state index contributed by atoms with van der Waals surface area (Å²) in [5.74, 6) is 4.45. The van der Waals surface area contributed by atoms with Crippen LogP contribution in [0.5, 0.6) is 11.5 Å². The van der Waals surface area contributed by atoms with Crippen LogP contribution >= 0.6 is 0 Å². The average Bonchev–Trinajstić information content (AvgIpc) is 3.10. The van der Waals surface area contributed by atoms with Gasteiger partial charge in [0.25, 0.3) is 0 Å². The summed E-state index contributed by atoms with van der Waals surface area (Å²) >= 11 is 0. The Morgan fingerprint density at radius 1 is 1.19 bits per heavy atom. The lowest BCUT2D eigenvalue weighted by atomic mass is 9.89. The fourth-order valence-electron chi connectivity index (χ4n) is 4.09. The van der Waals surface area contributed by atoms with E-state index in [1.165, 1.54) is 31.2 Å². The van der Waals surface area contributed by atoms with Crippen molar-refractivity contribution in [3.8, 4) is 11.5 Å². The number of hydrogen-bond donors (Lipinski definition) is 1. The fraction of sp³-hybridized carbons (Fsp3) is 0.667. The SMILES string of the molecule is CCOc1cccc(CNC)c1OCC1CC2CCC1C2. The molecule has 3 heteroatoms. The van der Waals surface area contributed by atoms with Gasteiger partial charge in [-0.05, 0) is 57.1 Å². The van der Waals surface area contributed by atoms with E-state index in [1.807, 2.05) is 26.1 Å². The van der Waals surface area contributed by atoms with Gasteiger partial charge in [-0.2, -0.15) is 0 Å². The second kappa shape index (κ2) is 6.69. The van der Waals surface area contributed by atoms with Gasteiger partial charge in [0.05, 0.1) is 13.2 Å². The highest BCUT2D eigenvalue weighted by molar-refractivity contribution is 5.46. The van der Waals surface area contributed by atoms with Crippen LogP contribution in [0.1, 0.15) is 38.2 Å². The van der Waals surface area contributed by atoms with E-state index in [0.29, 0.717) is 6.61 Å². The predicted molar refractivity (Wildman–Crippen MR) is 84.8 cm³/mol. The standard InChI is InChI=1S/C18H27NO2/c1-3-20-17-6-4-5-15(11-19-2)18(17)21-12-16-10-13-7-8-14(16)9-13/h4-6,13-14,16,19H,3,7-12H2,1-2H3. The Hall–Kier alpha value is -1.22. The molecule has 0 amide bonds. The third kappa shape index (κ3) is 3.18. The topological polar surface area (TPSA) is 30.5 Å². The number of fused-ring (bicyclic) bond motifs is 2. The zero-order valence-electron chi connectivity index (χ0n) is 13.2. The molecule has 3 nitrogen and oxygen atoms in total. The normalized spacial score (nSPS) is 27.0. The third-order valence-corrected chi connectivity index (χ3v) is 5.05. The number of rotatable bonds is 7. The van der Waals surface area contributed by atoms with E-state index in [2.05, 4.69) is 11.4 Å². The number of para-hydroxylation sites is 1. The molecule has 0 aromatic heterocycles. The molecule has 2 aliphatic rings. The molecule has 0 radical (unpaired) electrons. The van der Waals surface area contributed by atoms with Gasteiger partial charge in [-0.25, -0.2) is 0 Å². The van der Waals surface area contributed by atoms with Gasteiger partial charge in [0.15, 0.2) is 11.5 Å². The Bertz CT molecular complexity index is 450. The number of hydrogen-bond acceptors (Lipinski definition) is 3. The number of benzene rings is 1. The summed E-state index contributed by atoms with van der Waals surface area (Å²) in [6, 6.07) is 6.18. The molecule has 3 rings (SSSR count). The van der Waals surface area contributed by atoms with Gasteiger partial charge in [0.2, 0.25) is 0 Å². The molecule has 116 valence electrons. The van der Waals surface area contributed by atoms with Gasteiger partial charge in [-0.3, -0.25) is 0 Å². The first-order chi connectivity index (χ1) is 10.3. The first kappa shape index (κ1) is 14.7. The quantitative estimate of drug-likeness (QED) is 0.831. The minimum absolute atomic E-state index is 0.674. The highest BCUT2D eigenvalue weighted by atomic mass is 16.5. The van der Waals surface area contributed by atoms with Crippen LogP contribution in [-0.2, 0) is 6.54 Å². The zero-order valence-corrected chi connectivity index (χ0v) is 13.2. The van der Waals surface area contributed by atoms with E-state index < -0.39 is 0 Å². The number of ether oxygens (including phenoxy) is 2. The van der Waals surface area contributed by atoms with Crippen LogP contribution in [0.15, 0.2) is 18.2 Å². The van der Waals surface area contributed by atoms with E-state index in [9.17, 15) is 0 Å². The molecule has 1 N–H and O–H groups in total. The molecule has 2 fully saturated rings. The predicted octanol–water partition coefficient (Wildman–Crippen LogP) is 3.62. The van der Waals surface area contributed by atoms with Gasteiger partial charge in [-0.1, -0.05) is 18.6 Å². The molecule has 0 heterocycles.